The Bertz CT molecular complexity index is 1180. The molecule has 4 unspecified atom stereocenters. The zero-order valence-corrected chi connectivity index (χ0v) is 20.0. The highest BCUT2D eigenvalue weighted by Crippen LogP contribution is 2.18. The minimum Gasteiger partial charge on any atom is -0.481 e. The van der Waals surface area contributed by atoms with E-state index in [0.29, 0.717) is 0 Å². The molecule has 0 fully saturated rings. The Balaban J connectivity index is 2.04. The lowest BCUT2D eigenvalue weighted by Gasteiger charge is -2.23. The minimum absolute atomic E-state index is 0.152. The second kappa shape index (κ2) is 13.0. The van der Waals surface area contributed by atoms with Gasteiger partial charge in [-0.15, -0.1) is 0 Å². The van der Waals surface area contributed by atoms with E-state index in [1.165, 1.54) is 6.92 Å². The second-order valence-electron chi connectivity index (χ2n) is 8.46. The Morgan fingerprint density at radius 2 is 1.59 bits per heavy atom. The van der Waals surface area contributed by atoms with E-state index in [1.54, 1.807) is 6.20 Å². The van der Waals surface area contributed by atoms with E-state index in [4.69, 9.17) is 21.7 Å². The van der Waals surface area contributed by atoms with E-state index < -0.39 is 66.2 Å². The molecule has 200 valence electrons. The smallest absolute Gasteiger partial charge is 0.326 e. The van der Waals surface area contributed by atoms with E-state index in [0.717, 1.165) is 16.5 Å². The van der Waals surface area contributed by atoms with Crippen LogP contribution >= 0.6 is 0 Å². The number of amides is 4. The van der Waals surface area contributed by atoms with Crippen LogP contribution < -0.4 is 27.4 Å². The van der Waals surface area contributed by atoms with Crippen molar-refractivity contribution in [2.45, 2.75) is 56.8 Å². The summed E-state index contributed by atoms with van der Waals surface area (Å²) in [7, 11) is 0. The lowest BCUT2D eigenvalue weighted by atomic mass is 10.0. The number of aromatic nitrogens is 1. The van der Waals surface area contributed by atoms with Crippen molar-refractivity contribution in [3.63, 3.8) is 0 Å². The first-order valence-corrected chi connectivity index (χ1v) is 11.3. The Morgan fingerprint density at radius 3 is 2.22 bits per heavy atom. The average Bonchev–Trinajstić information content (AvgIpc) is 3.23. The van der Waals surface area contributed by atoms with Crippen LogP contribution in [0.1, 0.15) is 31.7 Å². The van der Waals surface area contributed by atoms with Gasteiger partial charge in [0, 0.05) is 23.5 Å². The maximum Gasteiger partial charge on any atom is 0.326 e. The van der Waals surface area contributed by atoms with Gasteiger partial charge in [-0.05, 0) is 31.4 Å². The Hall–Kier alpha value is -4.46. The molecule has 0 aliphatic carbocycles. The van der Waals surface area contributed by atoms with Crippen molar-refractivity contribution < 1.29 is 39.0 Å². The number of carbonyl (C=O) groups excluding carboxylic acids is 4. The zero-order chi connectivity index (χ0) is 27.7. The largest absolute Gasteiger partial charge is 0.481 e. The number of nitrogens with one attached hydrogen (secondary N) is 4. The molecule has 14 nitrogen and oxygen atoms in total. The summed E-state index contributed by atoms with van der Waals surface area (Å²) in [6.45, 7) is 1.24. The monoisotopic (exact) mass is 518 g/mol. The molecule has 0 saturated heterocycles. The fourth-order valence-electron chi connectivity index (χ4n) is 3.52. The average molecular weight is 519 g/mol. The molecule has 0 bridgehead atoms. The van der Waals surface area contributed by atoms with Crippen LogP contribution in [0.25, 0.3) is 10.9 Å². The molecule has 14 heteroatoms. The first-order valence-electron chi connectivity index (χ1n) is 11.3. The topological polar surface area (TPSA) is 247 Å². The summed E-state index contributed by atoms with van der Waals surface area (Å²) >= 11 is 0. The number of primary amides is 1. The number of rotatable bonds is 14. The summed E-state index contributed by atoms with van der Waals surface area (Å²) < 4.78 is 0. The maximum absolute atomic E-state index is 12.8. The quantitative estimate of drug-likeness (QED) is 0.142. The number of benzene rings is 1. The van der Waals surface area contributed by atoms with Crippen LogP contribution in [0.4, 0.5) is 0 Å². The molecule has 10 N–H and O–H groups in total. The third-order valence-electron chi connectivity index (χ3n) is 5.51. The molecular formula is C23H30N6O8. The van der Waals surface area contributed by atoms with Crippen LogP contribution in [0.5, 0.6) is 0 Å². The molecule has 1 aromatic carbocycles. The summed E-state index contributed by atoms with van der Waals surface area (Å²) in [5, 5.41) is 25.6. The molecule has 0 radical (unpaired) electrons. The van der Waals surface area contributed by atoms with Gasteiger partial charge in [0.15, 0.2) is 0 Å². The Labute approximate surface area is 211 Å². The van der Waals surface area contributed by atoms with Crippen LogP contribution in [-0.2, 0) is 35.2 Å². The zero-order valence-electron chi connectivity index (χ0n) is 20.0. The third kappa shape index (κ3) is 8.61. The molecule has 4 atom stereocenters. The number of hydrogen-bond donors (Lipinski definition) is 8. The minimum atomic E-state index is -1.71. The Morgan fingerprint density at radius 1 is 0.946 bits per heavy atom. The highest BCUT2D eigenvalue weighted by Gasteiger charge is 2.29. The van der Waals surface area contributed by atoms with Gasteiger partial charge < -0.3 is 42.6 Å². The first kappa shape index (κ1) is 28.8. The summed E-state index contributed by atoms with van der Waals surface area (Å²) in [5.41, 5.74) is 12.9. The van der Waals surface area contributed by atoms with E-state index in [2.05, 4.69) is 15.6 Å². The van der Waals surface area contributed by atoms with Crippen LogP contribution in [0.3, 0.4) is 0 Å². The first-order chi connectivity index (χ1) is 17.4. The van der Waals surface area contributed by atoms with Gasteiger partial charge >= 0.3 is 11.9 Å². The molecule has 0 aliphatic rings. The van der Waals surface area contributed by atoms with Gasteiger partial charge in [-0.25, -0.2) is 4.79 Å². The number of hydrogen-bond acceptors (Lipinski definition) is 7. The number of carboxylic acids is 2. The molecule has 0 spiro atoms. The highest BCUT2D eigenvalue weighted by atomic mass is 16.4. The highest BCUT2D eigenvalue weighted by molar-refractivity contribution is 5.95. The predicted octanol–water partition coefficient (Wildman–Crippen LogP) is -1.66. The molecule has 2 rings (SSSR count). The second-order valence-corrected chi connectivity index (χ2v) is 8.46. The van der Waals surface area contributed by atoms with Crippen molar-refractivity contribution in [1.82, 2.24) is 20.9 Å². The Kier molecular flexibility index (Phi) is 10.1. The number of H-pyrrole nitrogens is 1. The molecule has 2 aromatic rings. The molecule has 1 heterocycles. The lowest BCUT2D eigenvalue weighted by Crippen LogP contribution is -2.56. The van der Waals surface area contributed by atoms with Gasteiger partial charge in [0.25, 0.3) is 0 Å². The normalized spacial score (nSPS) is 14.1. The van der Waals surface area contributed by atoms with E-state index in [9.17, 15) is 28.8 Å². The summed E-state index contributed by atoms with van der Waals surface area (Å²) in [5.74, 6) is -6.22. The van der Waals surface area contributed by atoms with E-state index in [-0.39, 0.29) is 19.3 Å². The van der Waals surface area contributed by atoms with E-state index >= 15 is 0 Å². The van der Waals surface area contributed by atoms with Crippen LogP contribution in [0.2, 0.25) is 0 Å². The number of aliphatic carboxylic acids is 2. The van der Waals surface area contributed by atoms with Crippen molar-refractivity contribution in [2.24, 2.45) is 11.5 Å². The van der Waals surface area contributed by atoms with E-state index in [1.807, 2.05) is 29.6 Å². The van der Waals surface area contributed by atoms with Gasteiger partial charge in [-0.1, -0.05) is 18.2 Å². The molecule has 0 aliphatic heterocycles. The third-order valence-corrected chi connectivity index (χ3v) is 5.51. The van der Waals surface area contributed by atoms with Crippen LogP contribution in [-0.4, -0.2) is 74.9 Å². The number of carboxylic acid groups (broad SMARTS) is 2. The van der Waals surface area contributed by atoms with Gasteiger partial charge in [0.1, 0.15) is 18.1 Å². The van der Waals surface area contributed by atoms with Gasteiger partial charge in [-0.3, -0.25) is 24.0 Å². The standard InChI is InChI=1S/C23H30N6O8/c1-11(20(33)29-17(23(36)37)9-19(31)32)27-22(35)16(6-7-18(25)30)28-21(34)14(24)8-12-10-26-15-5-3-2-4-13(12)15/h2-5,10-11,14,16-17,26H,6-9,24H2,1H3,(H2,25,30)(H,27,35)(H,28,34)(H,29,33)(H,31,32)(H,36,37). The molecule has 0 saturated carbocycles. The van der Waals surface area contributed by atoms with Crippen LogP contribution in [0.15, 0.2) is 30.5 Å². The van der Waals surface area contributed by atoms with Crippen molar-refractivity contribution in [2.75, 3.05) is 0 Å². The predicted molar refractivity (Wildman–Crippen MR) is 130 cm³/mol. The molecule has 37 heavy (non-hydrogen) atoms. The maximum atomic E-state index is 12.8. The number of nitrogens with two attached hydrogens (primary N) is 2. The number of fused-ring (bicyclic) bond motifs is 1. The fraction of sp³-hybridized carbons (Fsp3) is 0.391. The van der Waals surface area contributed by atoms with Crippen molar-refractivity contribution in [3.8, 4) is 0 Å². The summed E-state index contributed by atoms with van der Waals surface area (Å²) in [6.07, 6.45) is 0.574. The fourth-order valence-corrected chi connectivity index (χ4v) is 3.52. The molecule has 1 aromatic heterocycles. The van der Waals surface area contributed by atoms with Gasteiger partial charge in [0.05, 0.1) is 12.5 Å². The number of aromatic amines is 1. The number of para-hydroxylation sites is 1. The summed E-state index contributed by atoms with van der Waals surface area (Å²) in [4.78, 5) is 74.2. The molecule has 4 amide bonds. The molecular weight excluding hydrogens is 488 g/mol. The number of carbonyl (C=O) groups is 6. The summed E-state index contributed by atoms with van der Waals surface area (Å²) in [6, 6.07) is 2.10. The van der Waals surface area contributed by atoms with Crippen molar-refractivity contribution >= 4 is 46.5 Å². The lowest BCUT2D eigenvalue weighted by molar-refractivity contribution is -0.147. The van der Waals surface area contributed by atoms with Crippen molar-refractivity contribution in [3.05, 3.63) is 36.0 Å². The van der Waals surface area contributed by atoms with Gasteiger partial charge in [-0.2, -0.15) is 0 Å². The van der Waals surface area contributed by atoms with Crippen LogP contribution in [0, 0.1) is 0 Å². The van der Waals surface area contributed by atoms with Crippen molar-refractivity contribution in [1.29, 1.82) is 0 Å². The SMILES string of the molecule is CC(NC(=O)C(CCC(N)=O)NC(=O)C(N)Cc1c[nH]c2ccccc12)C(=O)NC(CC(=O)O)C(=O)O. The van der Waals surface area contributed by atoms with Gasteiger partial charge in [0.2, 0.25) is 23.6 Å².